The zero-order valence-corrected chi connectivity index (χ0v) is 12.0. The Morgan fingerprint density at radius 2 is 1.45 bits per heavy atom. The second-order valence-corrected chi connectivity index (χ2v) is 4.54. The molecule has 2 aromatic rings. The molecule has 2 aromatic carbocycles. The summed E-state index contributed by atoms with van der Waals surface area (Å²) in [6.07, 6.45) is 0.847. The highest BCUT2D eigenvalue weighted by atomic mass is 16.5. The minimum atomic E-state index is 0.637. The average Bonchev–Trinajstić information content (AvgIpc) is 2.48. The summed E-state index contributed by atoms with van der Waals surface area (Å²) in [6.45, 7) is 3.34. The largest absolute Gasteiger partial charge is 0.497 e. The van der Waals surface area contributed by atoms with E-state index in [-0.39, 0.29) is 0 Å². The Hall–Kier alpha value is -2.16. The van der Waals surface area contributed by atoms with Gasteiger partial charge in [0.05, 0.1) is 20.3 Å². The minimum Gasteiger partial charge on any atom is -0.497 e. The predicted octanol–water partition coefficient (Wildman–Crippen LogP) is 3.85. The first kappa shape index (κ1) is 14.3. The lowest BCUT2D eigenvalue weighted by atomic mass is 10.2. The third kappa shape index (κ3) is 4.50. The molecule has 0 aromatic heterocycles. The maximum absolute atomic E-state index is 5.66. The second kappa shape index (κ2) is 7.43. The molecule has 0 amide bonds. The molecular weight excluding hydrogens is 252 g/mol. The number of ether oxygens (including phenoxy) is 3. The van der Waals surface area contributed by atoms with Crippen LogP contribution in [0.15, 0.2) is 48.5 Å². The van der Waals surface area contributed by atoms with Crippen molar-refractivity contribution >= 4 is 0 Å². The van der Waals surface area contributed by atoms with Gasteiger partial charge < -0.3 is 14.2 Å². The first-order valence-electron chi connectivity index (χ1n) is 6.74. The Morgan fingerprint density at radius 3 is 2.10 bits per heavy atom. The third-order valence-corrected chi connectivity index (χ3v) is 2.88. The van der Waals surface area contributed by atoms with E-state index < -0.39 is 0 Å². The summed E-state index contributed by atoms with van der Waals surface area (Å²) in [7, 11) is 1.65. The summed E-state index contributed by atoms with van der Waals surface area (Å²) in [5.74, 6) is 2.59. The first-order chi connectivity index (χ1) is 9.78. The molecule has 0 aliphatic carbocycles. The number of hydrogen-bond acceptors (Lipinski definition) is 3. The fraction of sp³-hybridized carbons (Fsp3) is 0.294. The van der Waals surface area contributed by atoms with E-state index in [2.05, 4.69) is 13.0 Å². The van der Waals surface area contributed by atoms with Gasteiger partial charge in [-0.2, -0.15) is 0 Å². The number of benzene rings is 2. The zero-order valence-electron chi connectivity index (χ0n) is 12.0. The fourth-order valence-corrected chi connectivity index (χ4v) is 1.82. The monoisotopic (exact) mass is 272 g/mol. The summed E-state index contributed by atoms with van der Waals surface area (Å²) in [4.78, 5) is 0. The van der Waals surface area contributed by atoms with Crippen LogP contribution in [0.4, 0.5) is 0 Å². The van der Waals surface area contributed by atoms with E-state index in [0.717, 1.165) is 23.7 Å². The van der Waals surface area contributed by atoms with Gasteiger partial charge in [0.1, 0.15) is 17.2 Å². The van der Waals surface area contributed by atoms with Crippen molar-refractivity contribution in [2.24, 2.45) is 0 Å². The Labute approximate surface area is 120 Å². The van der Waals surface area contributed by atoms with Gasteiger partial charge in [-0.05, 0) is 48.9 Å². The van der Waals surface area contributed by atoms with Crippen LogP contribution in [0.2, 0.25) is 0 Å². The van der Waals surface area contributed by atoms with Gasteiger partial charge in [-0.15, -0.1) is 0 Å². The maximum Gasteiger partial charge on any atom is 0.119 e. The van der Waals surface area contributed by atoms with Crippen LogP contribution in [0.1, 0.15) is 12.0 Å². The highest BCUT2D eigenvalue weighted by Gasteiger charge is 1.97. The molecule has 0 aliphatic heterocycles. The van der Waals surface area contributed by atoms with E-state index in [1.165, 1.54) is 5.56 Å². The van der Waals surface area contributed by atoms with Crippen LogP contribution in [0, 0.1) is 6.92 Å². The molecule has 0 bridgehead atoms. The van der Waals surface area contributed by atoms with Crippen LogP contribution in [0.5, 0.6) is 17.2 Å². The van der Waals surface area contributed by atoms with E-state index in [1.54, 1.807) is 7.11 Å². The molecule has 3 nitrogen and oxygen atoms in total. The van der Waals surface area contributed by atoms with E-state index >= 15 is 0 Å². The third-order valence-electron chi connectivity index (χ3n) is 2.88. The molecule has 20 heavy (non-hydrogen) atoms. The standard InChI is InChI=1S/C17H20O3/c1-14-5-3-6-17(13-14)20-12-4-11-19-16-9-7-15(18-2)8-10-16/h3,5-10,13H,4,11-12H2,1-2H3. The second-order valence-electron chi connectivity index (χ2n) is 4.54. The first-order valence-corrected chi connectivity index (χ1v) is 6.74. The molecule has 106 valence electrons. The van der Waals surface area contributed by atoms with Gasteiger partial charge >= 0.3 is 0 Å². The van der Waals surface area contributed by atoms with Gasteiger partial charge in [0, 0.05) is 6.42 Å². The normalized spacial score (nSPS) is 10.1. The molecule has 0 aliphatic rings. The Kier molecular flexibility index (Phi) is 5.30. The van der Waals surface area contributed by atoms with E-state index in [0.29, 0.717) is 13.2 Å². The SMILES string of the molecule is COc1ccc(OCCCOc2cccc(C)c2)cc1. The van der Waals surface area contributed by atoms with Crippen LogP contribution in [0.3, 0.4) is 0 Å². The van der Waals surface area contributed by atoms with Crippen LogP contribution in [0.25, 0.3) is 0 Å². The molecule has 0 heterocycles. The van der Waals surface area contributed by atoms with E-state index in [1.807, 2.05) is 42.5 Å². The van der Waals surface area contributed by atoms with Crippen molar-refractivity contribution in [2.75, 3.05) is 20.3 Å². The number of hydrogen-bond donors (Lipinski definition) is 0. The Balaban J connectivity index is 1.66. The number of methoxy groups -OCH3 is 1. The van der Waals surface area contributed by atoms with E-state index in [9.17, 15) is 0 Å². The van der Waals surface area contributed by atoms with Gasteiger partial charge in [0.2, 0.25) is 0 Å². The summed E-state index contributed by atoms with van der Waals surface area (Å²) >= 11 is 0. The van der Waals surface area contributed by atoms with Crippen molar-refractivity contribution in [1.29, 1.82) is 0 Å². The molecule has 0 spiro atoms. The van der Waals surface area contributed by atoms with Crippen molar-refractivity contribution in [2.45, 2.75) is 13.3 Å². The molecule has 3 heteroatoms. The molecule has 0 fully saturated rings. The lowest BCUT2D eigenvalue weighted by molar-refractivity contribution is 0.247. The summed E-state index contributed by atoms with van der Waals surface area (Å²) < 4.78 is 16.4. The summed E-state index contributed by atoms with van der Waals surface area (Å²) in [5.41, 5.74) is 1.21. The number of aryl methyl sites for hydroxylation is 1. The summed E-state index contributed by atoms with van der Waals surface area (Å²) in [5, 5.41) is 0. The lowest BCUT2D eigenvalue weighted by Crippen LogP contribution is -2.05. The summed E-state index contributed by atoms with van der Waals surface area (Å²) in [6, 6.07) is 15.6. The molecule has 0 saturated heterocycles. The van der Waals surface area contributed by atoms with Gasteiger partial charge in [-0.1, -0.05) is 12.1 Å². The molecular formula is C17H20O3. The van der Waals surface area contributed by atoms with Crippen molar-refractivity contribution in [1.82, 2.24) is 0 Å². The molecule has 0 radical (unpaired) electrons. The van der Waals surface area contributed by atoms with Crippen LogP contribution in [-0.2, 0) is 0 Å². The smallest absolute Gasteiger partial charge is 0.119 e. The number of rotatable bonds is 7. The van der Waals surface area contributed by atoms with Crippen molar-refractivity contribution in [3.05, 3.63) is 54.1 Å². The molecule has 0 N–H and O–H groups in total. The van der Waals surface area contributed by atoms with Crippen molar-refractivity contribution in [3.63, 3.8) is 0 Å². The molecule has 2 rings (SSSR count). The Morgan fingerprint density at radius 1 is 0.800 bits per heavy atom. The van der Waals surface area contributed by atoms with Crippen molar-refractivity contribution < 1.29 is 14.2 Å². The van der Waals surface area contributed by atoms with Crippen LogP contribution in [-0.4, -0.2) is 20.3 Å². The molecule has 0 saturated carbocycles. The molecule has 0 unspecified atom stereocenters. The molecule has 0 atom stereocenters. The van der Waals surface area contributed by atoms with Gasteiger partial charge in [-0.25, -0.2) is 0 Å². The van der Waals surface area contributed by atoms with Crippen LogP contribution >= 0.6 is 0 Å². The Bertz CT molecular complexity index is 520. The van der Waals surface area contributed by atoms with Gasteiger partial charge in [-0.3, -0.25) is 0 Å². The van der Waals surface area contributed by atoms with Crippen LogP contribution < -0.4 is 14.2 Å². The maximum atomic E-state index is 5.66. The average molecular weight is 272 g/mol. The minimum absolute atomic E-state index is 0.637. The van der Waals surface area contributed by atoms with Crippen molar-refractivity contribution in [3.8, 4) is 17.2 Å². The highest BCUT2D eigenvalue weighted by Crippen LogP contribution is 2.17. The lowest BCUT2D eigenvalue weighted by Gasteiger charge is -2.09. The zero-order chi connectivity index (χ0) is 14.2. The quantitative estimate of drug-likeness (QED) is 0.716. The highest BCUT2D eigenvalue weighted by molar-refractivity contribution is 5.31. The fourth-order valence-electron chi connectivity index (χ4n) is 1.82. The van der Waals surface area contributed by atoms with Gasteiger partial charge in [0.15, 0.2) is 0 Å². The topological polar surface area (TPSA) is 27.7 Å². The predicted molar refractivity (Wildman–Crippen MR) is 79.8 cm³/mol. The van der Waals surface area contributed by atoms with E-state index in [4.69, 9.17) is 14.2 Å². The van der Waals surface area contributed by atoms with Gasteiger partial charge in [0.25, 0.3) is 0 Å².